The van der Waals surface area contributed by atoms with Crippen LogP contribution in [0.5, 0.6) is 0 Å². The third-order valence-corrected chi connectivity index (χ3v) is 4.48. The van der Waals surface area contributed by atoms with Crippen molar-refractivity contribution in [3.05, 3.63) is 72.0 Å². The van der Waals surface area contributed by atoms with Gasteiger partial charge in [0.2, 0.25) is 0 Å². The number of rotatable bonds is 4. The molecule has 0 spiro atoms. The second kappa shape index (κ2) is 7.14. The number of carbonyl (C=O) groups is 2. The lowest BCUT2D eigenvalue weighted by atomic mass is 10.1. The lowest BCUT2D eigenvalue weighted by molar-refractivity contribution is 0.100. The van der Waals surface area contributed by atoms with Crippen LogP contribution < -0.4 is 16.4 Å². The van der Waals surface area contributed by atoms with E-state index in [0.29, 0.717) is 10.7 Å². The van der Waals surface area contributed by atoms with Crippen LogP contribution in [0.1, 0.15) is 10.4 Å². The molecule has 1 aromatic heterocycles. The van der Waals surface area contributed by atoms with Crippen molar-refractivity contribution in [2.75, 3.05) is 10.6 Å². The fraction of sp³-hybridized carbons (Fsp3) is 0. The Bertz CT molecular complexity index is 908. The van der Waals surface area contributed by atoms with Crippen molar-refractivity contribution >= 4 is 34.0 Å². The molecule has 0 radical (unpaired) electrons. The minimum Gasteiger partial charge on any atom is -0.366 e. The van der Waals surface area contributed by atoms with Crippen molar-refractivity contribution in [3.8, 4) is 10.4 Å². The molecule has 7 heteroatoms. The maximum atomic E-state index is 12.9. The molecule has 0 saturated heterocycles. The minimum absolute atomic E-state index is 0.234. The molecule has 1 heterocycles. The molecule has 0 aliphatic rings. The predicted octanol–water partition coefficient (Wildman–Crippen LogP) is 4.30. The number of benzene rings is 2. The summed E-state index contributed by atoms with van der Waals surface area (Å²) in [6.45, 7) is 0. The predicted molar refractivity (Wildman–Crippen MR) is 97.3 cm³/mol. The van der Waals surface area contributed by atoms with E-state index < -0.39 is 17.8 Å². The van der Waals surface area contributed by atoms with Crippen LogP contribution in [0.2, 0.25) is 0 Å². The maximum absolute atomic E-state index is 12.9. The number of primary amides is 1. The second-order valence-corrected chi connectivity index (χ2v) is 6.22. The Kier molecular flexibility index (Phi) is 4.76. The van der Waals surface area contributed by atoms with Crippen molar-refractivity contribution in [2.24, 2.45) is 5.73 Å². The Hall–Kier alpha value is -3.19. The first-order chi connectivity index (χ1) is 12.0. The van der Waals surface area contributed by atoms with Gasteiger partial charge in [0.1, 0.15) is 10.8 Å². The first-order valence-electron chi connectivity index (χ1n) is 7.35. The van der Waals surface area contributed by atoms with Gasteiger partial charge in [0, 0.05) is 10.6 Å². The first-order valence-corrected chi connectivity index (χ1v) is 8.17. The van der Waals surface area contributed by atoms with Gasteiger partial charge >= 0.3 is 6.03 Å². The molecule has 0 unspecified atom stereocenters. The molecule has 3 aromatic rings. The van der Waals surface area contributed by atoms with E-state index in [2.05, 4.69) is 10.6 Å². The van der Waals surface area contributed by atoms with Gasteiger partial charge in [-0.1, -0.05) is 30.3 Å². The molecule has 0 aliphatic carbocycles. The van der Waals surface area contributed by atoms with Crippen molar-refractivity contribution < 1.29 is 14.0 Å². The molecule has 0 bridgehead atoms. The van der Waals surface area contributed by atoms with E-state index in [1.807, 2.05) is 30.3 Å². The van der Waals surface area contributed by atoms with E-state index in [9.17, 15) is 14.0 Å². The molecule has 0 aliphatic heterocycles. The smallest absolute Gasteiger partial charge is 0.324 e. The fourth-order valence-electron chi connectivity index (χ4n) is 2.21. The molecule has 25 heavy (non-hydrogen) atoms. The minimum atomic E-state index is -0.629. The number of hydrogen-bond donors (Lipinski definition) is 3. The van der Waals surface area contributed by atoms with Crippen LogP contribution in [-0.2, 0) is 0 Å². The summed E-state index contributed by atoms with van der Waals surface area (Å²) in [7, 11) is 0. The first kappa shape index (κ1) is 16.7. The van der Waals surface area contributed by atoms with E-state index in [4.69, 9.17) is 5.73 Å². The molecule has 0 fully saturated rings. The number of amides is 3. The highest BCUT2D eigenvalue weighted by molar-refractivity contribution is 7.20. The van der Waals surface area contributed by atoms with Gasteiger partial charge in [0.15, 0.2) is 0 Å². The number of thiophene rings is 1. The summed E-state index contributed by atoms with van der Waals surface area (Å²) >= 11 is 1.25. The van der Waals surface area contributed by atoms with Crippen LogP contribution in [0, 0.1) is 5.82 Å². The summed E-state index contributed by atoms with van der Waals surface area (Å²) in [6.07, 6.45) is 0. The van der Waals surface area contributed by atoms with Crippen LogP contribution in [0.4, 0.5) is 19.9 Å². The lowest BCUT2D eigenvalue weighted by Crippen LogP contribution is -2.21. The van der Waals surface area contributed by atoms with Gasteiger partial charge in [-0.25, -0.2) is 9.18 Å². The molecular weight excluding hydrogens is 341 g/mol. The molecule has 126 valence electrons. The summed E-state index contributed by atoms with van der Waals surface area (Å²) in [6, 6.07) is 15.9. The van der Waals surface area contributed by atoms with E-state index in [0.717, 1.165) is 10.4 Å². The van der Waals surface area contributed by atoms with Crippen LogP contribution in [0.3, 0.4) is 0 Å². The SMILES string of the molecule is NC(=O)c1cc(-c2ccccc2)sc1NC(=O)Nc1ccc(F)cc1. The van der Waals surface area contributed by atoms with E-state index in [1.54, 1.807) is 6.07 Å². The number of hydrogen-bond acceptors (Lipinski definition) is 3. The summed E-state index contributed by atoms with van der Waals surface area (Å²) < 4.78 is 12.9. The fourth-order valence-corrected chi connectivity index (χ4v) is 3.27. The number of nitrogens with one attached hydrogen (secondary N) is 2. The number of carbonyl (C=O) groups excluding carboxylic acids is 2. The Morgan fingerprint density at radius 3 is 2.28 bits per heavy atom. The van der Waals surface area contributed by atoms with E-state index in [1.165, 1.54) is 35.6 Å². The third kappa shape index (κ3) is 4.02. The van der Waals surface area contributed by atoms with Crippen molar-refractivity contribution in [2.45, 2.75) is 0 Å². The second-order valence-electron chi connectivity index (χ2n) is 5.17. The molecule has 0 atom stereocenters. The average Bonchev–Trinajstić information content (AvgIpc) is 3.02. The highest BCUT2D eigenvalue weighted by atomic mass is 32.1. The molecule has 4 N–H and O–H groups in total. The maximum Gasteiger partial charge on any atom is 0.324 e. The molecule has 3 rings (SSSR count). The molecule has 3 amide bonds. The van der Waals surface area contributed by atoms with Gasteiger partial charge in [-0.05, 0) is 35.9 Å². The van der Waals surface area contributed by atoms with Crippen molar-refractivity contribution in [3.63, 3.8) is 0 Å². The van der Waals surface area contributed by atoms with Gasteiger partial charge in [-0.15, -0.1) is 11.3 Å². The topological polar surface area (TPSA) is 84.2 Å². The number of nitrogens with two attached hydrogens (primary N) is 1. The van der Waals surface area contributed by atoms with Gasteiger partial charge < -0.3 is 11.1 Å². The molecular formula is C18H14FN3O2S. The van der Waals surface area contributed by atoms with E-state index in [-0.39, 0.29) is 5.56 Å². The number of anilines is 2. The monoisotopic (exact) mass is 355 g/mol. The Morgan fingerprint density at radius 2 is 1.64 bits per heavy atom. The summed E-state index contributed by atoms with van der Waals surface area (Å²) in [5.74, 6) is -1.02. The zero-order valence-corrected chi connectivity index (χ0v) is 13.8. The average molecular weight is 355 g/mol. The van der Waals surface area contributed by atoms with Crippen LogP contribution >= 0.6 is 11.3 Å². The number of urea groups is 1. The Morgan fingerprint density at radius 1 is 0.960 bits per heavy atom. The summed E-state index contributed by atoms with van der Waals surface area (Å²) in [5.41, 5.74) is 6.99. The van der Waals surface area contributed by atoms with Gasteiger partial charge in [0.25, 0.3) is 5.91 Å². The zero-order chi connectivity index (χ0) is 17.8. The highest BCUT2D eigenvalue weighted by Crippen LogP contribution is 2.35. The summed E-state index contributed by atoms with van der Waals surface area (Å²) in [4.78, 5) is 24.6. The van der Waals surface area contributed by atoms with Gasteiger partial charge in [0.05, 0.1) is 5.56 Å². The van der Waals surface area contributed by atoms with Crippen LogP contribution in [0.15, 0.2) is 60.7 Å². The molecule has 0 saturated carbocycles. The number of halogens is 1. The quantitative estimate of drug-likeness (QED) is 0.652. The van der Waals surface area contributed by atoms with E-state index >= 15 is 0 Å². The lowest BCUT2D eigenvalue weighted by Gasteiger charge is -2.07. The van der Waals surface area contributed by atoms with Gasteiger partial charge in [-0.2, -0.15) is 0 Å². The highest BCUT2D eigenvalue weighted by Gasteiger charge is 2.17. The van der Waals surface area contributed by atoms with Crippen molar-refractivity contribution in [1.82, 2.24) is 0 Å². The molecule has 2 aromatic carbocycles. The normalized spacial score (nSPS) is 10.3. The van der Waals surface area contributed by atoms with Crippen LogP contribution in [-0.4, -0.2) is 11.9 Å². The standard InChI is InChI=1S/C18H14FN3O2S/c19-12-6-8-13(9-7-12)21-18(24)22-17-14(16(20)23)10-15(25-17)11-4-2-1-3-5-11/h1-10H,(H2,20,23)(H2,21,22,24). The molecule has 5 nitrogen and oxygen atoms in total. The largest absolute Gasteiger partial charge is 0.366 e. The summed E-state index contributed by atoms with van der Waals surface area (Å²) in [5, 5.41) is 5.54. The Labute approximate surface area is 147 Å². The van der Waals surface area contributed by atoms with Gasteiger partial charge in [-0.3, -0.25) is 10.1 Å². The van der Waals surface area contributed by atoms with Crippen LogP contribution in [0.25, 0.3) is 10.4 Å². The third-order valence-electron chi connectivity index (χ3n) is 3.38. The zero-order valence-electron chi connectivity index (χ0n) is 13.0. The Balaban J connectivity index is 1.81. The van der Waals surface area contributed by atoms with Crippen molar-refractivity contribution in [1.29, 1.82) is 0 Å².